The summed E-state index contributed by atoms with van der Waals surface area (Å²) in [6.07, 6.45) is 3.30. The second-order valence-electron chi connectivity index (χ2n) is 5.81. The first-order chi connectivity index (χ1) is 9.78. The Labute approximate surface area is 132 Å². The predicted molar refractivity (Wildman–Crippen MR) is 84.5 cm³/mol. The van der Waals surface area contributed by atoms with Crippen molar-refractivity contribution in [1.82, 2.24) is 4.90 Å². The number of halogens is 1. The van der Waals surface area contributed by atoms with Crippen LogP contribution in [0.4, 0.5) is 0 Å². The van der Waals surface area contributed by atoms with Gasteiger partial charge in [0.15, 0.2) is 0 Å². The van der Waals surface area contributed by atoms with E-state index >= 15 is 0 Å². The van der Waals surface area contributed by atoms with Gasteiger partial charge in [-0.15, -0.1) is 12.4 Å². The van der Waals surface area contributed by atoms with Gasteiger partial charge in [-0.2, -0.15) is 0 Å². The SMILES string of the molecule is Cl.NCCC1CCCN(C(=O)c2ccc3c(c2)COC3)C1. The monoisotopic (exact) mass is 310 g/mol. The first kappa shape index (κ1) is 16.3. The van der Waals surface area contributed by atoms with Crippen molar-refractivity contribution in [2.45, 2.75) is 32.5 Å². The molecule has 0 aliphatic carbocycles. The van der Waals surface area contributed by atoms with E-state index in [9.17, 15) is 4.79 Å². The summed E-state index contributed by atoms with van der Waals surface area (Å²) in [6.45, 7) is 3.73. The zero-order valence-electron chi connectivity index (χ0n) is 12.2. The third-order valence-corrected chi connectivity index (χ3v) is 4.35. The van der Waals surface area contributed by atoms with Crippen LogP contribution >= 0.6 is 12.4 Å². The van der Waals surface area contributed by atoms with Crippen LogP contribution in [0.15, 0.2) is 18.2 Å². The van der Waals surface area contributed by atoms with Crippen molar-refractivity contribution in [2.75, 3.05) is 19.6 Å². The fourth-order valence-electron chi connectivity index (χ4n) is 3.21. The maximum absolute atomic E-state index is 12.6. The van der Waals surface area contributed by atoms with Gasteiger partial charge in [-0.1, -0.05) is 6.07 Å². The number of rotatable bonds is 3. The van der Waals surface area contributed by atoms with E-state index in [1.807, 2.05) is 23.1 Å². The van der Waals surface area contributed by atoms with Gasteiger partial charge in [-0.05, 0) is 55.0 Å². The molecule has 4 nitrogen and oxygen atoms in total. The first-order valence-electron chi connectivity index (χ1n) is 7.47. The number of hydrogen-bond acceptors (Lipinski definition) is 3. The fraction of sp³-hybridized carbons (Fsp3) is 0.562. The Morgan fingerprint density at radius 2 is 2.14 bits per heavy atom. The van der Waals surface area contributed by atoms with E-state index < -0.39 is 0 Å². The largest absolute Gasteiger partial charge is 0.372 e. The Balaban J connectivity index is 0.00000161. The van der Waals surface area contributed by atoms with E-state index in [4.69, 9.17) is 10.5 Å². The number of amides is 1. The maximum Gasteiger partial charge on any atom is 0.253 e. The van der Waals surface area contributed by atoms with Gasteiger partial charge >= 0.3 is 0 Å². The van der Waals surface area contributed by atoms with Crippen LogP contribution in [0.3, 0.4) is 0 Å². The molecule has 2 heterocycles. The van der Waals surface area contributed by atoms with E-state index in [1.54, 1.807) is 0 Å². The number of fused-ring (bicyclic) bond motifs is 1. The lowest BCUT2D eigenvalue weighted by Crippen LogP contribution is -2.40. The quantitative estimate of drug-likeness (QED) is 0.932. The number of carbonyl (C=O) groups excluding carboxylic acids is 1. The molecule has 21 heavy (non-hydrogen) atoms. The number of piperidine rings is 1. The lowest BCUT2D eigenvalue weighted by Gasteiger charge is -2.32. The average Bonchev–Trinajstić information content (AvgIpc) is 2.94. The number of benzene rings is 1. The Morgan fingerprint density at radius 3 is 2.95 bits per heavy atom. The van der Waals surface area contributed by atoms with Gasteiger partial charge in [0.2, 0.25) is 0 Å². The van der Waals surface area contributed by atoms with E-state index in [0.717, 1.165) is 37.1 Å². The summed E-state index contributed by atoms with van der Waals surface area (Å²) in [5.74, 6) is 0.719. The molecule has 0 radical (unpaired) electrons. The molecule has 0 saturated carbocycles. The number of hydrogen-bond donors (Lipinski definition) is 1. The summed E-state index contributed by atoms with van der Waals surface area (Å²) in [7, 11) is 0. The molecular formula is C16H23ClN2O2. The minimum Gasteiger partial charge on any atom is -0.372 e. The van der Waals surface area contributed by atoms with Gasteiger partial charge < -0.3 is 15.4 Å². The number of nitrogens with zero attached hydrogens (tertiary/aromatic N) is 1. The van der Waals surface area contributed by atoms with Gasteiger partial charge in [-0.25, -0.2) is 0 Å². The van der Waals surface area contributed by atoms with E-state index in [1.165, 1.54) is 12.0 Å². The van der Waals surface area contributed by atoms with Gasteiger partial charge in [0, 0.05) is 18.7 Å². The van der Waals surface area contributed by atoms with Crippen molar-refractivity contribution in [3.8, 4) is 0 Å². The molecule has 1 saturated heterocycles. The zero-order valence-corrected chi connectivity index (χ0v) is 13.0. The highest BCUT2D eigenvalue weighted by Gasteiger charge is 2.24. The van der Waals surface area contributed by atoms with Crippen molar-refractivity contribution in [3.63, 3.8) is 0 Å². The molecule has 1 unspecified atom stereocenters. The highest BCUT2D eigenvalue weighted by Crippen LogP contribution is 2.24. The van der Waals surface area contributed by atoms with Crippen molar-refractivity contribution in [2.24, 2.45) is 11.7 Å². The molecule has 1 aromatic rings. The Hall–Kier alpha value is -1.10. The average molecular weight is 311 g/mol. The van der Waals surface area contributed by atoms with E-state index in [-0.39, 0.29) is 18.3 Å². The van der Waals surface area contributed by atoms with Gasteiger partial charge in [0.1, 0.15) is 0 Å². The fourth-order valence-corrected chi connectivity index (χ4v) is 3.21. The molecule has 1 amide bonds. The van der Waals surface area contributed by atoms with Crippen LogP contribution < -0.4 is 5.73 Å². The van der Waals surface area contributed by atoms with Crippen LogP contribution in [0.5, 0.6) is 0 Å². The molecule has 1 fully saturated rings. The van der Waals surface area contributed by atoms with Crippen molar-refractivity contribution in [3.05, 3.63) is 34.9 Å². The standard InChI is InChI=1S/C16H22N2O2.ClH/c17-6-5-12-2-1-7-18(9-12)16(19)13-3-4-14-10-20-11-15(14)8-13;/h3-4,8,12H,1-2,5-7,9-11,17H2;1H. The van der Waals surface area contributed by atoms with Crippen LogP contribution in [-0.4, -0.2) is 30.4 Å². The van der Waals surface area contributed by atoms with E-state index in [2.05, 4.69) is 0 Å². The first-order valence-corrected chi connectivity index (χ1v) is 7.47. The highest BCUT2D eigenvalue weighted by atomic mass is 35.5. The van der Waals surface area contributed by atoms with E-state index in [0.29, 0.717) is 25.7 Å². The molecule has 3 rings (SSSR count). The summed E-state index contributed by atoms with van der Waals surface area (Å²) in [5, 5.41) is 0. The number of ether oxygens (including phenoxy) is 1. The van der Waals surface area contributed by atoms with Crippen LogP contribution in [0.25, 0.3) is 0 Å². The summed E-state index contributed by atoms with van der Waals surface area (Å²) < 4.78 is 5.41. The second kappa shape index (κ2) is 7.25. The van der Waals surface area contributed by atoms with Gasteiger partial charge in [0.05, 0.1) is 13.2 Å². The Bertz CT molecular complexity index is 505. The summed E-state index contributed by atoms with van der Waals surface area (Å²) >= 11 is 0. The molecule has 0 aromatic heterocycles. The lowest BCUT2D eigenvalue weighted by molar-refractivity contribution is 0.0669. The lowest BCUT2D eigenvalue weighted by atomic mass is 9.94. The summed E-state index contributed by atoms with van der Waals surface area (Å²) in [6, 6.07) is 5.95. The molecule has 1 aromatic carbocycles. The van der Waals surface area contributed by atoms with Crippen molar-refractivity contribution >= 4 is 18.3 Å². The molecule has 2 N–H and O–H groups in total. The van der Waals surface area contributed by atoms with Crippen molar-refractivity contribution < 1.29 is 9.53 Å². The van der Waals surface area contributed by atoms with Crippen LogP contribution in [0.2, 0.25) is 0 Å². The summed E-state index contributed by atoms with van der Waals surface area (Å²) in [4.78, 5) is 14.6. The molecule has 2 aliphatic rings. The number of nitrogens with two attached hydrogens (primary N) is 1. The van der Waals surface area contributed by atoms with Crippen LogP contribution in [0.1, 0.15) is 40.7 Å². The molecule has 5 heteroatoms. The Kier molecular flexibility index (Phi) is 5.62. The summed E-state index contributed by atoms with van der Waals surface area (Å²) in [5.41, 5.74) is 8.80. The normalized spacial score (nSPS) is 20.8. The molecule has 1 atom stereocenters. The van der Waals surface area contributed by atoms with Gasteiger partial charge in [-0.3, -0.25) is 4.79 Å². The number of likely N-dealkylation sites (tertiary alicyclic amines) is 1. The maximum atomic E-state index is 12.6. The van der Waals surface area contributed by atoms with Crippen molar-refractivity contribution in [1.29, 1.82) is 0 Å². The smallest absolute Gasteiger partial charge is 0.253 e. The zero-order chi connectivity index (χ0) is 13.9. The molecule has 0 spiro atoms. The second-order valence-corrected chi connectivity index (χ2v) is 5.81. The highest BCUT2D eigenvalue weighted by molar-refractivity contribution is 5.94. The minimum absolute atomic E-state index is 0. The molecule has 116 valence electrons. The molecule has 2 aliphatic heterocycles. The molecular weight excluding hydrogens is 288 g/mol. The topological polar surface area (TPSA) is 55.6 Å². The van der Waals surface area contributed by atoms with Crippen LogP contribution in [0, 0.1) is 5.92 Å². The number of carbonyl (C=O) groups is 1. The van der Waals surface area contributed by atoms with Gasteiger partial charge in [0.25, 0.3) is 5.91 Å². The predicted octanol–water partition coefficient (Wildman–Crippen LogP) is 2.34. The molecule has 0 bridgehead atoms. The minimum atomic E-state index is 0. The third-order valence-electron chi connectivity index (χ3n) is 4.35. The van der Waals surface area contributed by atoms with Crippen LogP contribution in [-0.2, 0) is 18.0 Å². The Morgan fingerprint density at radius 1 is 1.33 bits per heavy atom. The third kappa shape index (κ3) is 3.57.